The van der Waals surface area contributed by atoms with Crippen molar-refractivity contribution in [1.82, 2.24) is 14.5 Å². The standard InChI is InChI=1S/C21H22N4OS/c1-14-15-7-2-3-8-16(15)17(13-22)20(23-14)27-12-6-11-25-19-10-5-4-9-18(19)24-21(25)26/h4-5,9-10H,2-3,6-8,11-12H2,1H3,(H,24,26). The number of para-hydroxylation sites is 2. The molecule has 0 saturated heterocycles. The summed E-state index contributed by atoms with van der Waals surface area (Å²) >= 11 is 1.63. The van der Waals surface area contributed by atoms with Crippen LogP contribution in [0.4, 0.5) is 0 Å². The van der Waals surface area contributed by atoms with Gasteiger partial charge in [-0.15, -0.1) is 11.8 Å². The summed E-state index contributed by atoms with van der Waals surface area (Å²) in [6, 6.07) is 10.1. The molecule has 27 heavy (non-hydrogen) atoms. The maximum atomic E-state index is 12.2. The molecule has 0 spiro atoms. The van der Waals surface area contributed by atoms with Crippen molar-refractivity contribution < 1.29 is 0 Å². The van der Waals surface area contributed by atoms with Gasteiger partial charge in [0.2, 0.25) is 0 Å². The maximum absolute atomic E-state index is 12.2. The van der Waals surface area contributed by atoms with Crippen molar-refractivity contribution in [2.24, 2.45) is 0 Å². The number of pyridine rings is 1. The van der Waals surface area contributed by atoms with Crippen molar-refractivity contribution in [3.05, 3.63) is 57.1 Å². The Kier molecular flexibility index (Phi) is 5.04. The SMILES string of the molecule is Cc1nc(SCCCn2c(=O)[nH]c3ccccc32)c(C#N)c2c1CCCC2. The van der Waals surface area contributed by atoms with E-state index in [4.69, 9.17) is 4.98 Å². The summed E-state index contributed by atoms with van der Waals surface area (Å²) in [5.41, 5.74) is 6.08. The van der Waals surface area contributed by atoms with E-state index in [9.17, 15) is 10.1 Å². The minimum absolute atomic E-state index is 0.0679. The van der Waals surface area contributed by atoms with Crippen LogP contribution in [-0.2, 0) is 19.4 Å². The van der Waals surface area contributed by atoms with Gasteiger partial charge in [-0.3, -0.25) is 4.57 Å². The van der Waals surface area contributed by atoms with Crippen LogP contribution in [0.25, 0.3) is 11.0 Å². The van der Waals surface area contributed by atoms with Gasteiger partial charge < -0.3 is 4.98 Å². The summed E-state index contributed by atoms with van der Waals surface area (Å²) in [5, 5.41) is 10.5. The van der Waals surface area contributed by atoms with E-state index in [0.717, 1.165) is 58.8 Å². The van der Waals surface area contributed by atoms with Crippen LogP contribution in [0, 0.1) is 18.3 Å². The molecule has 0 atom stereocenters. The second kappa shape index (κ2) is 7.61. The first-order valence-electron chi connectivity index (χ1n) is 9.42. The Morgan fingerprint density at radius 3 is 2.85 bits per heavy atom. The van der Waals surface area contributed by atoms with E-state index >= 15 is 0 Å². The lowest BCUT2D eigenvalue weighted by molar-refractivity contribution is 0.668. The fourth-order valence-electron chi connectivity index (χ4n) is 3.93. The van der Waals surface area contributed by atoms with Crippen LogP contribution in [0.2, 0.25) is 0 Å². The van der Waals surface area contributed by atoms with Crippen LogP contribution in [0.1, 0.15) is 41.6 Å². The molecule has 5 nitrogen and oxygen atoms in total. The van der Waals surface area contributed by atoms with Gasteiger partial charge in [-0.05, 0) is 62.3 Å². The van der Waals surface area contributed by atoms with E-state index in [2.05, 4.69) is 18.0 Å². The van der Waals surface area contributed by atoms with E-state index in [-0.39, 0.29) is 5.69 Å². The Balaban J connectivity index is 1.48. The molecule has 0 amide bonds. The van der Waals surface area contributed by atoms with Crippen molar-refractivity contribution in [3.8, 4) is 6.07 Å². The molecule has 4 rings (SSSR count). The molecule has 0 unspecified atom stereocenters. The molecule has 1 aliphatic rings. The third-order valence-corrected chi connectivity index (χ3v) is 6.31. The molecule has 2 aromatic heterocycles. The van der Waals surface area contributed by atoms with Gasteiger partial charge in [0.1, 0.15) is 11.1 Å². The van der Waals surface area contributed by atoms with E-state index in [0.29, 0.717) is 6.54 Å². The zero-order valence-corrected chi connectivity index (χ0v) is 16.2. The van der Waals surface area contributed by atoms with Gasteiger partial charge in [0.15, 0.2) is 0 Å². The highest BCUT2D eigenvalue weighted by Gasteiger charge is 2.20. The molecule has 0 bridgehead atoms. The third kappa shape index (κ3) is 3.40. The molecule has 1 aliphatic carbocycles. The number of rotatable bonds is 5. The second-order valence-electron chi connectivity index (χ2n) is 6.95. The van der Waals surface area contributed by atoms with Crippen molar-refractivity contribution in [2.75, 3.05) is 5.75 Å². The largest absolute Gasteiger partial charge is 0.326 e. The van der Waals surface area contributed by atoms with Crippen molar-refractivity contribution in [1.29, 1.82) is 5.26 Å². The molecule has 1 N–H and O–H groups in total. The van der Waals surface area contributed by atoms with Crippen LogP contribution < -0.4 is 5.69 Å². The van der Waals surface area contributed by atoms with Gasteiger partial charge in [0, 0.05) is 18.0 Å². The first-order chi connectivity index (χ1) is 13.2. The van der Waals surface area contributed by atoms with Crippen LogP contribution in [0.5, 0.6) is 0 Å². The zero-order valence-electron chi connectivity index (χ0n) is 15.4. The van der Waals surface area contributed by atoms with Crippen LogP contribution >= 0.6 is 11.8 Å². The van der Waals surface area contributed by atoms with Crippen LogP contribution in [-0.4, -0.2) is 20.3 Å². The number of H-pyrrole nitrogens is 1. The number of nitrogens with one attached hydrogen (secondary N) is 1. The smallest absolute Gasteiger partial charge is 0.306 e. The lowest BCUT2D eigenvalue weighted by Crippen LogP contribution is -2.17. The summed E-state index contributed by atoms with van der Waals surface area (Å²) in [6.45, 7) is 2.71. The average Bonchev–Trinajstić information content (AvgIpc) is 3.01. The highest BCUT2D eigenvalue weighted by molar-refractivity contribution is 7.99. The first-order valence-corrected chi connectivity index (χ1v) is 10.4. The zero-order chi connectivity index (χ0) is 18.8. The van der Waals surface area contributed by atoms with Gasteiger partial charge >= 0.3 is 5.69 Å². The molecule has 6 heteroatoms. The molecule has 1 aromatic carbocycles. The number of thioether (sulfide) groups is 1. The molecular formula is C21H22N4OS. The summed E-state index contributed by atoms with van der Waals surface area (Å²) in [5.74, 6) is 0.825. The Morgan fingerprint density at radius 1 is 1.26 bits per heavy atom. The molecule has 0 saturated carbocycles. The minimum atomic E-state index is -0.0679. The number of fused-ring (bicyclic) bond motifs is 2. The normalized spacial score (nSPS) is 13.5. The number of aromatic amines is 1. The minimum Gasteiger partial charge on any atom is -0.306 e. The maximum Gasteiger partial charge on any atom is 0.326 e. The van der Waals surface area contributed by atoms with Crippen LogP contribution in [0.3, 0.4) is 0 Å². The predicted octanol–water partition coefficient (Wildman–Crippen LogP) is 3.97. The van der Waals surface area contributed by atoms with Gasteiger partial charge in [-0.25, -0.2) is 9.78 Å². The fraction of sp³-hybridized carbons (Fsp3) is 0.381. The second-order valence-corrected chi connectivity index (χ2v) is 8.04. The Hall–Kier alpha value is -2.52. The number of hydrogen-bond acceptors (Lipinski definition) is 4. The van der Waals surface area contributed by atoms with Crippen molar-refractivity contribution in [2.45, 2.75) is 50.6 Å². The molecule has 0 fully saturated rings. The lowest BCUT2D eigenvalue weighted by atomic mass is 9.88. The molecule has 138 valence electrons. The van der Waals surface area contributed by atoms with Crippen molar-refractivity contribution >= 4 is 22.8 Å². The first kappa shape index (κ1) is 17.9. The Morgan fingerprint density at radius 2 is 2.04 bits per heavy atom. The topological polar surface area (TPSA) is 74.5 Å². The van der Waals surface area contributed by atoms with Gasteiger partial charge in [-0.1, -0.05) is 12.1 Å². The van der Waals surface area contributed by atoms with Crippen molar-refractivity contribution in [3.63, 3.8) is 0 Å². The van der Waals surface area contributed by atoms with Gasteiger partial charge in [-0.2, -0.15) is 5.26 Å². The summed E-state index contributed by atoms with van der Waals surface area (Å²) in [7, 11) is 0. The van der Waals surface area contributed by atoms with Crippen LogP contribution in [0.15, 0.2) is 34.1 Å². The highest BCUT2D eigenvalue weighted by atomic mass is 32.2. The highest BCUT2D eigenvalue weighted by Crippen LogP contribution is 2.32. The average molecular weight is 379 g/mol. The Bertz CT molecular complexity index is 1090. The number of benzene rings is 1. The lowest BCUT2D eigenvalue weighted by Gasteiger charge is -2.20. The number of nitriles is 1. The van der Waals surface area contributed by atoms with E-state index < -0.39 is 0 Å². The van der Waals surface area contributed by atoms with E-state index in [1.807, 2.05) is 24.3 Å². The fourth-order valence-corrected chi connectivity index (χ4v) is 4.91. The third-order valence-electron chi connectivity index (χ3n) is 5.25. The molecule has 3 aromatic rings. The van der Waals surface area contributed by atoms with Gasteiger partial charge in [0.25, 0.3) is 0 Å². The molecular weight excluding hydrogens is 356 g/mol. The monoisotopic (exact) mass is 378 g/mol. The summed E-state index contributed by atoms with van der Waals surface area (Å²) < 4.78 is 1.78. The number of nitrogens with zero attached hydrogens (tertiary/aromatic N) is 3. The van der Waals surface area contributed by atoms with E-state index in [1.165, 1.54) is 17.5 Å². The van der Waals surface area contributed by atoms with Gasteiger partial charge in [0.05, 0.1) is 16.6 Å². The number of aromatic nitrogens is 3. The van der Waals surface area contributed by atoms with E-state index in [1.54, 1.807) is 16.3 Å². The Labute approximate surface area is 162 Å². The quantitative estimate of drug-likeness (QED) is 0.538. The molecule has 0 aliphatic heterocycles. The number of aryl methyl sites for hydroxylation is 2. The molecule has 0 radical (unpaired) electrons. The number of hydrogen-bond donors (Lipinski definition) is 1. The number of imidazole rings is 1. The molecule has 2 heterocycles. The predicted molar refractivity (Wildman–Crippen MR) is 108 cm³/mol. The summed E-state index contributed by atoms with van der Waals surface area (Å²) in [6.07, 6.45) is 5.21. The summed E-state index contributed by atoms with van der Waals surface area (Å²) in [4.78, 5) is 19.8.